The predicted molar refractivity (Wildman–Crippen MR) is 79.2 cm³/mol. The number of hydrogen-bond donors (Lipinski definition) is 1. The number of benzene rings is 2. The van der Waals surface area contributed by atoms with Gasteiger partial charge in [-0.25, -0.2) is 4.39 Å². The zero-order valence-corrected chi connectivity index (χ0v) is 11.3. The van der Waals surface area contributed by atoms with Crippen LogP contribution in [0.15, 0.2) is 79.0 Å². The summed E-state index contributed by atoms with van der Waals surface area (Å²) in [5, 5.41) is 11.3. The first kappa shape index (κ1) is 13.5. The van der Waals surface area contributed by atoms with Gasteiger partial charge >= 0.3 is 0 Å². The summed E-state index contributed by atoms with van der Waals surface area (Å²) in [5.41, 5.74) is 0.364. The van der Waals surface area contributed by atoms with E-state index in [0.29, 0.717) is 16.8 Å². The summed E-state index contributed by atoms with van der Waals surface area (Å²) in [4.78, 5) is 4.28. The van der Waals surface area contributed by atoms with Crippen LogP contribution in [0.4, 0.5) is 4.39 Å². The van der Waals surface area contributed by atoms with Crippen molar-refractivity contribution in [3.63, 3.8) is 0 Å². The summed E-state index contributed by atoms with van der Waals surface area (Å²) < 4.78 is 13.2. The Labute approximate surface area is 122 Å². The Balaban J connectivity index is 2.23. The summed E-state index contributed by atoms with van der Waals surface area (Å²) in [6, 6.07) is 20.5. The van der Waals surface area contributed by atoms with Gasteiger partial charge in [-0.2, -0.15) is 0 Å². The topological polar surface area (TPSA) is 33.1 Å². The van der Waals surface area contributed by atoms with Crippen LogP contribution in [0.3, 0.4) is 0 Å². The fraction of sp³-hybridized carbons (Fsp3) is 0.0556. The van der Waals surface area contributed by atoms with Gasteiger partial charge in [-0.3, -0.25) is 4.98 Å². The minimum atomic E-state index is -1.41. The zero-order chi connectivity index (χ0) is 14.7. The number of nitrogens with zero attached hydrogens (tertiary/aromatic N) is 1. The Hall–Kier alpha value is -2.52. The van der Waals surface area contributed by atoms with Gasteiger partial charge in [0.1, 0.15) is 5.82 Å². The van der Waals surface area contributed by atoms with Crippen LogP contribution in [0.2, 0.25) is 0 Å². The molecule has 3 rings (SSSR count). The molecule has 1 N–H and O–H groups in total. The average molecular weight is 279 g/mol. The smallest absolute Gasteiger partial charge is 0.157 e. The maximum absolute atomic E-state index is 13.2. The molecule has 1 unspecified atom stereocenters. The lowest BCUT2D eigenvalue weighted by Gasteiger charge is -2.28. The molecule has 21 heavy (non-hydrogen) atoms. The van der Waals surface area contributed by atoms with E-state index in [9.17, 15) is 9.50 Å². The minimum absolute atomic E-state index is 0.338. The monoisotopic (exact) mass is 279 g/mol. The first-order valence-corrected chi connectivity index (χ1v) is 6.67. The van der Waals surface area contributed by atoms with E-state index in [2.05, 4.69) is 4.98 Å². The van der Waals surface area contributed by atoms with Crippen molar-refractivity contribution < 1.29 is 9.50 Å². The molecule has 2 nitrogen and oxygen atoms in total. The molecule has 3 aromatic rings. The van der Waals surface area contributed by atoms with Gasteiger partial charge in [0.15, 0.2) is 5.60 Å². The number of rotatable bonds is 3. The van der Waals surface area contributed by atoms with Crippen molar-refractivity contribution in [3.05, 3.63) is 102 Å². The highest BCUT2D eigenvalue weighted by atomic mass is 19.1. The van der Waals surface area contributed by atoms with E-state index in [1.807, 2.05) is 36.4 Å². The van der Waals surface area contributed by atoms with E-state index >= 15 is 0 Å². The van der Waals surface area contributed by atoms with Crippen LogP contribution < -0.4 is 0 Å². The van der Waals surface area contributed by atoms with E-state index in [0.717, 1.165) is 0 Å². The molecule has 0 aliphatic carbocycles. The average Bonchev–Trinajstić information content (AvgIpc) is 2.56. The van der Waals surface area contributed by atoms with Gasteiger partial charge < -0.3 is 5.11 Å². The lowest BCUT2D eigenvalue weighted by Crippen LogP contribution is -2.29. The van der Waals surface area contributed by atoms with Crippen molar-refractivity contribution in [1.82, 2.24) is 4.98 Å². The van der Waals surface area contributed by atoms with Gasteiger partial charge in [-0.1, -0.05) is 48.5 Å². The Kier molecular flexibility index (Phi) is 3.50. The summed E-state index contributed by atoms with van der Waals surface area (Å²) in [5.74, 6) is -0.338. The highest BCUT2D eigenvalue weighted by Crippen LogP contribution is 2.35. The van der Waals surface area contributed by atoms with Crippen molar-refractivity contribution in [3.8, 4) is 0 Å². The van der Waals surface area contributed by atoms with Crippen LogP contribution >= 0.6 is 0 Å². The van der Waals surface area contributed by atoms with Crippen LogP contribution in [0.25, 0.3) is 0 Å². The largest absolute Gasteiger partial charge is 0.374 e. The molecule has 1 atom stereocenters. The third kappa shape index (κ3) is 2.43. The molecule has 0 radical (unpaired) electrons. The lowest BCUT2D eigenvalue weighted by atomic mass is 9.83. The second-order valence-corrected chi connectivity index (χ2v) is 4.80. The van der Waals surface area contributed by atoms with Crippen molar-refractivity contribution in [1.29, 1.82) is 0 Å². The van der Waals surface area contributed by atoms with Crippen molar-refractivity contribution in [2.24, 2.45) is 0 Å². The molecule has 0 saturated carbocycles. The SMILES string of the molecule is OC(c1ccccc1)(c1ccc(F)cc1)c1ccccn1. The van der Waals surface area contributed by atoms with E-state index in [-0.39, 0.29) is 5.82 Å². The molecule has 0 bridgehead atoms. The summed E-state index contributed by atoms with van der Waals surface area (Å²) >= 11 is 0. The first-order valence-electron chi connectivity index (χ1n) is 6.67. The quantitative estimate of drug-likeness (QED) is 0.796. The van der Waals surface area contributed by atoms with Gasteiger partial charge in [-0.15, -0.1) is 0 Å². The predicted octanol–water partition coefficient (Wildman–Crippen LogP) is 3.50. The molecule has 104 valence electrons. The van der Waals surface area contributed by atoms with Crippen molar-refractivity contribution in [2.75, 3.05) is 0 Å². The summed E-state index contributed by atoms with van der Waals surface area (Å²) in [6.07, 6.45) is 1.63. The normalized spacial score (nSPS) is 13.6. The number of halogens is 1. The Bertz CT molecular complexity index is 672. The van der Waals surface area contributed by atoms with Crippen LogP contribution in [0, 0.1) is 5.82 Å². The standard InChI is InChI=1S/C18H14FNO/c19-16-11-9-15(10-12-16)18(21,14-6-2-1-3-7-14)17-8-4-5-13-20-17/h1-13,21H. The zero-order valence-electron chi connectivity index (χ0n) is 11.3. The molecule has 0 amide bonds. The molecule has 0 aliphatic rings. The van der Waals surface area contributed by atoms with Gasteiger partial charge in [0, 0.05) is 6.20 Å². The van der Waals surface area contributed by atoms with E-state index in [4.69, 9.17) is 0 Å². The van der Waals surface area contributed by atoms with Crippen LogP contribution in [-0.4, -0.2) is 10.1 Å². The minimum Gasteiger partial charge on any atom is -0.374 e. The van der Waals surface area contributed by atoms with Gasteiger partial charge in [0.25, 0.3) is 0 Å². The second-order valence-electron chi connectivity index (χ2n) is 4.80. The highest BCUT2D eigenvalue weighted by molar-refractivity contribution is 5.44. The molecular weight excluding hydrogens is 265 g/mol. The van der Waals surface area contributed by atoms with Crippen LogP contribution in [0.5, 0.6) is 0 Å². The molecule has 1 aromatic heterocycles. The van der Waals surface area contributed by atoms with Crippen molar-refractivity contribution in [2.45, 2.75) is 5.60 Å². The van der Waals surface area contributed by atoms with Crippen LogP contribution in [0.1, 0.15) is 16.8 Å². The third-order valence-electron chi connectivity index (χ3n) is 3.49. The maximum Gasteiger partial charge on any atom is 0.157 e. The third-order valence-corrected chi connectivity index (χ3v) is 3.49. The molecule has 3 heteroatoms. The maximum atomic E-state index is 13.2. The Morgan fingerprint density at radius 1 is 0.762 bits per heavy atom. The molecule has 0 aliphatic heterocycles. The molecule has 0 saturated heterocycles. The van der Waals surface area contributed by atoms with Gasteiger partial charge in [0.2, 0.25) is 0 Å². The number of hydrogen-bond acceptors (Lipinski definition) is 2. The van der Waals surface area contributed by atoms with Gasteiger partial charge in [0.05, 0.1) is 5.69 Å². The molecule has 2 aromatic carbocycles. The lowest BCUT2D eigenvalue weighted by molar-refractivity contribution is 0.121. The van der Waals surface area contributed by atoms with E-state index < -0.39 is 5.60 Å². The van der Waals surface area contributed by atoms with E-state index in [1.54, 1.807) is 30.5 Å². The van der Waals surface area contributed by atoms with Crippen molar-refractivity contribution >= 4 is 0 Å². The van der Waals surface area contributed by atoms with Gasteiger partial charge in [-0.05, 0) is 35.4 Å². The second kappa shape index (κ2) is 5.46. The molecule has 0 spiro atoms. The fourth-order valence-corrected chi connectivity index (χ4v) is 2.41. The number of aromatic nitrogens is 1. The Morgan fingerprint density at radius 2 is 1.38 bits per heavy atom. The van der Waals surface area contributed by atoms with Crippen LogP contribution in [-0.2, 0) is 5.60 Å². The summed E-state index contributed by atoms with van der Waals surface area (Å²) in [7, 11) is 0. The Morgan fingerprint density at radius 3 is 2.00 bits per heavy atom. The van der Waals surface area contributed by atoms with E-state index in [1.165, 1.54) is 12.1 Å². The first-order chi connectivity index (χ1) is 10.2. The fourth-order valence-electron chi connectivity index (χ4n) is 2.41. The number of pyridine rings is 1. The molecule has 1 heterocycles. The molecular formula is C18H14FNO. The number of aliphatic hydroxyl groups is 1. The molecule has 0 fully saturated rings. The summed E-state index contributed by atoms with van der Waals surface area (Å²) in [6.45, 7) is 0. The highest BCUT2D eigenvalue weighted by Gasteiger charge is 2.34.